The fourth-order valence-corrected chi connectivity index (χ4v) is 1.11. The van der Waals surface area contributed by atoms with Gasteiger partial charge in [-0.25, -0.2) is 4.79 Å². The van der Waals surface area contributed by atoms with Crippen LogP contribution in [0.15, 0.2) is 0 Å². The van der Waals surface area contributed by atoms with E-state index in [9.17, 15) is 4.79 Å². The van der Waals surface area contributed by atoms with E-state index >= 15 is 0 Å². The molecule has 3 nitrogen and oxygen atoms in total. The third-order valence-corrected chi connectivity index (χ3v) is 1.60. The summed E-state index contributed by atoms with van der Waals surface area (Å²) in [4.78, 5) is 10.2. The lowest BCUT2D eigenvalue weighted by molar-refractivity contribution is 0.242. The summed E-state index contributed by atoms with van der Waals surface area (Å²) < 4.78 is 0. The fourth-order valence-electron chi connectivity index (χ4n) is 0.411. The van der Waals surface area contributed by atoms with E-state index in [0.29, 0.717) is 0 Å². The molecule has 0 spiro atoms. The number of amides is 2. The van der Waals surface area contributed by atoms with Crippen LogP contribution in [0.2, 0.25) is 0 Å². The van der Waals surface area contributed by atoms with Crippen molar-refractivity contribution in [1.29, 1.82) is 0 Å². The van der Waals surface area contributed by atoms with Crippen molar-refractivity contribution in [3.63, 3.8) is 0 Å². The van der Waals surface area contributed by atoms with Gasteiger partial charge in [-0.2, -0.15) is 0 Å². The monoisotopic (exact) mass is 114 g/mol. The standard InChI is InChI=1S/C3H6N2OSi/c6-3-4-1-7-2-5-3/h1-2H2,(H2,4,5,6). The highest BCUT2D eigenvalue weighted by Gasteiger charge is 2.03. The van der Waals surface area contributed by atoms with Crippen LogP contribution in [-0.2, 0) is 0 Å². The van der Waals surface area contributed by atoms with Gasteiger partial charge in [0.05, 0.1) is 9.52 Å². The Labute approximate surface area is 44.3 Å². The summed E-state index contributed by atoms with van der Waals surface area (Å²) in [5.41, 5.74) is 0. The van der Waals surface area contributed by atoms with Gasteiger partial charge in [0.1, 0.15) is 0 Å². The average molecular weight is 114 g/mol. The second-order valence-corrected chi connectivity index (χ2v) is 2.49. The molecule has 1 fully saturated rings. The number of urea groups is 1. The summed E-state index contributed by atoms with van der Waals surface area (Å²) in [6.07, 6.45) is 1.71. The van der Waals surface area contributed by atoms with Crippen molar-refractivity contribution in [2.24, 2.45) is 0 Å². The Balaban J connectivity index is 2.25. The highest BCUT2D eigenvalue weighted by atomic mass is 28.2. The molecular weight excluding hydrogens is 108 g/mol. The lowest BCUT2D eigenvalue weighted by Gasteiger charge is -2.10. The molecule has 1 saturated heterocycles. The van der Waals surface area contributed by atoms with Gasteiger partial charge in [-0.3, -0.25) is 0 Å². The first-order chi connectivity index (χ1) is 3.39. The highest BCUT2D eigenvalue weighted by molar-refractivity contribution is 6.37. The smallest absolute Gasteiger partial charge is 0.314 e. The number of carbonyl (C=O) groups excluding carboxylic acids is 1. The molecule has 2 radical (unpaired) electrons. The van der Waals surface area contributed by atoms with Gasteiger partial charge < -0.3 is 10.6 Å². The van der Waals surface area contributed by atoms with E-state index < -0.39 is 0 Å². The van der Waals surface area contributed by atoms with E-state index in [2.05, 4.69) is 10.6 Å². The molecule has 0 aromatic rings. The molecule has 0 aromatic heterocycles. The summed E-state index contributed by atoms with van der Waals surface area (Å²) in [5.74, 6) is 0. The van der Waals surface area contributed by atoms with Crippen molar-refractivity contribution < 1.29 is 4.79 Å². The van der Waals surface area contributed by atoms with Gasteiger partial charge in [-0.05, 0) is 0 Å². The van der Waals surface area contributed by atoms with Crippen LogP contribution < -0.4 is 10.6 Å². The molecule has 2 amide bonds. The first-order valence-corrected chi connectivity index (χ1v) is 3.53. The molecule has 1 aliphatic rings. The Kier molecular flexibility index (Phi) is 1.31. The zero-order valence-corrected chi connectivity index (χ0v) is 4.82. The van der Waals surface area contributed by atoms with Gasteiger partial charge in [0.25, 0.3) is 0 Å². The van der Waals surface area contributed by atoms with E-state index in [0.717, 1.165) is 21.9 Å². The third kappa shape index (κ3) is 1.19. The first kappa shape index (κ1) is 4.64. The van der Waals surface area contributed by atoms with E-state index in [4.69, 9.17) is 0 Å². The summed E-state index contributed by atoms with van der Waals surface area (Å²) in [7, 11) is 0.845. The molecule has 0 saturated carbocycles. The van der Waals surface area contributed by atoms with Crippen molar-refractivity contribution >= 4 is 15.6 Å². The summed E-state index contributed by atoms with van der Waals surface area (Å²) in [5, 5.41) is 5.29. The molecule has 0 unspecified atom stereocenters. The van der Waals surface area contributed by atoms with E-state index in [1.807, 2.05) is 0 Å². The fraction of sp³-hybridized carbons (Fsp3) is 0.667. The summed E-state index contributed by atoms with van der Waals surface area (Å²) in [6.45, 7) is 0. The van der Waals surface area contributed by atoms with Crippen molar-refractivity contribution in [2.75, 3.05) is 12.3 Å². The van der Waals surface area contributed by atoms with E-state index in [1.165, 1.54) is 0 Å². The minimum Gasteiger partial charge on any atom is -0.342 e. The Hall–Kier alpha value is -0.513. The van der Waals surface area contributed by atoms with Crippen molar-refractivity contribution in [2.45, 2.75) is 0 Å². The van der Waals surface area contributed by atoms with Crippen LogP contribution in [0.5, 0.6) is 0 Å². The quantitative estimate of drug-likeness (QED) is 0.386. The maximum absolute atomic E-state index is 10.2. The molecule has 0 bridgehead atoms. The van der Waals surface area contributed by atoms with Crippen molar-refractivity contribution in [3.05, 3.63) is 0 Å². The number of hydrogen-bond donors (Lipinski definition) is 2. The zero-order chi connectivity index (χ0) is 5.11. The van der Waals surface area contributed by atoms with E-state index in [-0.39, 0.29) is 6.03 Å². The summed E-state index contributed by atoms with van der Waals surface area (Å²) in [6, 6.07) is -0.0289. The predicted octanol–water partition coefficient (Wildman–Crippen LogP) is -1.08. The first-order valence-electron chi connectivity index (χ1n) is 2.12. The SMILES string of the molecule is O=C1NC[Si]CN1. The molecule has 4 heteroatoms. The number of hydrogen-bond acceptors (Lipinski definition) is 1. The zero-order valence-electron chi connectivity index (χ0n) is 3.82. The van der Waals surface area contributed by atoms with Crippen LogP contribution in [0.25, 0.3) is 0 Å². The van der Waals surface area contributed by atoms with Crippen molar-refractivity contribution in [1.82, 2.24) is 10.6 Å². The van der Waals surface area contributed by atoms with Crippen LogP contribution in [-0.4, -0.2) is 27.9 Å². The van der Waals surface area contributed by atoms with Gasteiger partial charge >= 0.3 is 6.03 Å². The van der Waals surface area contributed by atoms with Crippen LogP contribution in [0.1, 0.15) is 0 Å². The van der Waals surface area contributed by atoms with Gasteiger partial charge in [0, 0.05) is 12.3 Å². The Bertz CT molecular complexity index is 77.0. The minimum absolute atomic E-state index is 0.0289. The second kappa shape index (κ2) is 1.97. The van der Waals surface area contributed by atoms with E-state index in [1.54, 1.807) is 0 Å². The normalized spacial score (nSPS) is 20.3. The molecule has 1 heterocycles. The third-order valence-electron chi connectivity index (χ3n) is 0.748. The maximum atomic E-state index is 10.2. The lowest BCUT2D eigenvalue weighted by Crippen LogP contribution is -2.47. The summed E-state index contributed by atoms with van der Waals surface area (Å²) >= 11 is 0. The average Bonchev–Trinajstić information content (AvgIpc) is 1.69. The van der Waals surface area contributed by atoms with Gasteiger partial charge in [0.15, 0.2) is 0 Å². The Morgan fingerprint density at radius 2 is 2.00 bits per heavy atom. The van der Waals surface area contributed by atoms with Crippen LogP contribution >= 0.6 is 0 Å². The molecule has 1 aliphatic heterocycles. The Morgan fingerprint density at radius 3 is 2.29 bits per heavy atom. The molecule has 0 aromatic carbocycles. The minimum atomic E-state index is -0.0289. The topological polar surface area (TPSA) is 41.1 Å². The molecule has 2 N–H and O–H groups in total. The van der Waals surface area contributed by atoms with Crippen LogP contribution in [0.4, 0.5) is 4.79 Å². The number of nitrogens with one attached hydrogen (secondary N) is 2. The Morgan fingerprint density at radius 1 is 1.43 bits per heavy atom. The predicted molar refractivity (Wildman–Crippen MR) is 27.2 cm³/mol. The van der Waals surface area contributed by atoms with Crippen LogP contribution in [0.3, 0.4) is 0 Å². The van der Waals surface area contributed by atoms with Gasteiger partial charge in [-0.1, -0.05) is 0 Å². The van der Waals surface area contributed by atoms with Gasteiger partial charge in [-0.15, -0.1) is 0 Å². The molecule has 0 atom stereocenters. The molecule has 1 rings (SSSR count). The molecule has 7 heavy (non-hydrogen) atoms. The molecule has 0 aliphatic carbocycles. The lowest BCUT2D eigenvalue weighted by atomic mass is 10.9. The second-order valence-electron chi connectivity index (χ2n) is 1.29. The number of carbonyl (C=O) groups is 1. The molecule has 38 valence electrons. The van der Waals surface area contributed by atoms with Crippen molar-refractivity contribution in [3.8, 4) is 0 Å². The number of rotatable bonds is 0. The highest BCUT2D eigenvalue weighted by Crippen LogP contribution is 1.68. The molecular formula is C3H6N2OSi. The van der Waals surface area contributed by atoms with Gasteiger partial charge in [0.2, 0.25) is 0 Å². The maximum Gasteiger partial charge on any atom is 0.314 e. The largest absolute Gasteiger partial charge is 0.342 e. The van der Waals surface area contributed by atoms with Crippen LogP contribution in [0, 0.1) is 0 Å².